The van der Waals surface area contributed by atoms with Gasteiger partial charge in [-0.05, 0) is 31.4 Å². The summed E-state index contributed by atoms with van der Waals surface area (Å²) in [6, 6.07) is 2.42. The minimum atomic E-state index is 0.204. The highest BCUT2D eigenvalue weighted by Crippen LogP contribution is 2.28. The second-order valence-corrected chi connectivity index (χ2v) is 5.10. The number of nitrogens with two attached hydrogens (primary N) is 1. The molecule has 0 bridgehead atoms. The van der Waals surface area contributed by atoms with Gasteiger partial charge in [-0.1, -0.05) is 13.8 Å². The third-order valence-corrected chi connectivity index (χ3v) is 3.14. The van der Waals surface area contributed by atoms with Crippen LogP contribution in [0, 0.1) is 19.8 Å². The van der Waals surface area contributed by atoms with Crippen molar-refractivity contribution >= 4 is 11.3 Å². The Morgan fingerprint density at radius 2 is 1.92 bits per heavy atom. The lowest BCUT2D eigenvalue weighted by Gasteiger charge is -2.14. The molecule has 0 spiro atoms. The average Bonchev–Trinajstić information content (AvgIpc) is 2.28. The van der Waals surface area contributed by atoms with Crippen molar-refractivity contribution in [3.8, 4) is 0 Å². The van der Waals surface area contributed by atoms with E-state index >= 15 is 0 Å². The van der Waals surface area contributed by atoms with E-state index in [-0.39, 0.29) is 6.04 Å². The molecule has 0 aliphatic rings. The van der Waals surface area contributed by atoms with Gasteiger partial charge < -0.3 is 5.73 Å². The van der Waals surface area contributed by atoms with E-state index in [0.29, 0.717) is 5.92 Å². The molecule has 2 N–H and O–H groups in total. The topological polar surface area (TPSA) is 26.0 Å². The molecule has 0 amide bonds. The molecule has 0 aromatic carbocycles. The van der Waals surface area contributed by atoms with E-state index in [9.17, 15) is 0 Å². The smallest absolute Gasteiger partial charge is 0.0329 e. The highest BCUT2D eigenvalue weighted by Gasteiger charge is 2.14. The molecular weight excluding hydrogens is 166 g/mol. The van der Waals surface area contributed by atoms with Gasteiger partial charge in [0, 0.05) is 15.8 Å². The van der Waals surface area contributed by atoms with Crippen LogP contribution in [-0.4, -0.2) is 0 Å². The van der Waals surface area contributed by atoms with Gasteiger partial charge in [0.15, 0.2) is 0 Å². The molecule has 0 fully saturated rings. The Balaban J connectivity index is 2.94. The lowest BCUT2D eigenvalue weighted by Crippen LogP contribution is -2.16. The van der Waals surface area contributed by atoms with Crippen LogP contribution in [-0.2, 0) is 0 Å². The van der Waals surface area contributed by atoms with Crippen LogP contribution in [0.2, 0.25) is 0 Å². The first kappa shape index (κ1) is 9.75. The van der Waals surface area contributed by atoms with Crippen molar-refractivity contribution in [2.24, 2.45) is 11.7 Å². The standard InChI is InChI=1S/C10H17NS/c1-6(2)10(11)9-5-7(3)12-8(9)4/h5-6,10H,11H2,1-4H3. The molecule has 0 saturated heterocycles. The van der Waals surface area contributed by atoms with Crippen LogP contribution in [0.5, 0.6) is 0 Å². The molecule has 2 heteroatoms. The molecule has 1 aromatic rings. The Kier molecular flexibility index (Phi) is 2.91. The fourth-order valence-corrected chi connectivity index (χ4v) is 2.32. The van der Waals surface area contributed by atoms with Crippen LogP contribution >= 0.6 is 11.3 Å². The molecular formula is C10H17NS. The molecule has 0 radical (unpaired) electrons. The lowest BCUT2D eigenvalue weighted by atomic mass is 9.98. The molecule has 1 nitrogen and oxygen atoms in total. The summed E-state index contributed by atoms with van der Waals surface area (Å²) in [6.45, 7) is 8.61. The van der Waals surface area contributed by atoms with E-state index in [0.717, 1.165) is 0 Å². The second kappa shape index (κ2) is 3.58. The Morgan fingerprint density at radius 1 is 1.33 bits per heavy atom. The molecule has 0 aliphatic carbocycles. The summed E-state index contributed by atoms with van der Waals surface area (Å²) in [5, 5.41) is 0. The zero-order chi connectivity index (χ0) is 9.30. The highest BCUT2D eigenvalue weighted by molar-refractivity contribution is 7.12. The zero-order valence-electron chi connectivity index (χ0n) is 8.22. The van der Waals surface area contributed by atoms with Gasteiger partial charge in [0.1, 0.15) is 0 Å². The van der Waals surface area contributed by atoms with Gasteiger partial charge in [0.2, 0.25) is 0 Å². The van der Waals surface area contributed by atoms with Crippen LogP contribution in [0.4, 0.5) is 0 Å². The zero-order valence-corrected chi connectivity index (χ0v) is 9.03. The van der Waals surface area contributed by atoms with Gasteiger partial charge in [-0.25, -0.2) is 0 Å². The summed E-state index contributed by atoms with van der Waals surface area (Å²) >= 11 is 1.83. The van der Waals surface area contributed by atoms with Crippen molar-refractivity contribution in [2.45, 2.75) is 33.7 Å². The Hall–Kier alpha value is -0.340. The second-order valence-electron chi connectivity index (χ2n) is 3.64. The minimum Gasteiger partial charge on any atom is -0.324 e. The summed E-state index contributed by atoms with van der Waals surface area (Å²) in [4.78, 5) is 2.73. The van der Waals surface area contributed by atoms with E-state index in [1.807, 2.05) is 11.3 Å². The maximum absolute atomic E-state index is 6.06. The summed E-state index contributed by atoms with van der Waals surface area (Å²) < 4.78 is 0. The Labute approximate surface area is 78.6 Å². The maximum Gasteiger partial charge on any atom is 0.0329 e. The van der Waals surface area contributed by atoms with Crippen LogP contribution < -0.4 is 5.73 Å². The fourth-order valence-electron chi connectivity index (χ4n) is 1.34. The third-order valence-electron chi connectivity index (χ3n) is 2.16. The van der Waals surface area contributed by atoms with Gasteiger partial charge in [0.25, 0.3) is 0 Å². The third kappa shape index (κ3) is 1.87. The molecule has 68 valence electrons. The summed E-state index contributed by atoms with van der Waals surface area (Å²) in [5.74, 6) is 0.526. The summed E-state index contributed by atoms with van der Waals surface area (Å²) in [5.41, 5.74) is 7.39. The van der Waals surface area contributed by atoms with E-state index in [4.69, 9.17) is 5.73 Å². The largest absolute Gasteiger partial charge is 0.324 e. The first-order valence-corrected chi connectivity index (χ1v) is 5.16. The molecule has 12 heavy (non-hydrogen) atoms. The molecule has 1 unspecified atom stereocenters. The summed E-state index contributed by atoms with van der Waals surface area (Å²) in [6.07, 6.45) is 0. The SMILES string of the molecule is Cc1cc(C(N)C(C)C)c(C)s1. The van der Waals surface area contributed by atoms with Crippen molar-refractivity contribution in [3.05, 3.63) is 21.4 Å². The molecule has 1 atom stereocenters. The van der Waals surface area contributed by atoms with Gasteiger partial charge in [-0.15, -0.1) is 11.3 Å². The van der Waals surface area contributed by atoms with E-state index in [1.54, 1.807) is 0 Å². The average molecular weight is 183 g/mol. The fraction of sp³-hybridized carbons (Fsp3) is 0.600. The molecule has 1 aromatic heterocycles. The number of thiophene rings is 1. The first-order valence-electron chi connectivity index (χ1n) is 4.35. The van der Waals surface area contributed by atoms with Crippen molar-refractivity contribution in [3.63, 3.8) is 0 Å². The van der Waals surface area contributed by atoms with Crippen molar-refractivity contribution in [1.29, 1.82) is 0 Å². The minimum absolute atomic E-state index is 0.204. The van der Waals surface area contributed by atoms with Crippen LogP contribution in [0.1, 0.15) is 35.2 Å². The molecule has 0 saturated carbocycles. The van der Waals surface area contributed by atoms with Crippen molar-refractivity contribution in [1.82, 2.24) is 0 Å². The predicted molar refractivity (Wildman–Crippen MR) is 55.6 cm³/mol. The quantitative estimate of drug-likeness (QED) is 0.749. The number of aryl methyl sites for hydroxylation is 2. The van der Waals surface area contributed by atoms with Gasteiger partial charge in [-0.3, -0.25) is 0 Å². The lowest BCUT2D eigenvalue weighted by molar-refractivity contribution is 0.513. The maximum atomic E-state index is 6.06. The Morgan fingerprint density at radius 3 is 2.25 bits per heavy atom. The van der Waals surface area contributed by atoms with E-state index < -0.39 is 0 Å². The van der Waals surface area contributed by atoms with Gasteiger partial charge in [-0.2, -0.15) is 0 Å². The number of hydrogen-bond acceptors (Lipinski definition) is 2. The van der Waals surface area contributed by atoms with Gasteiger partial charge >= 0.3 is 0 Å². The molecule has 1 rings (SSSR count). The van der Waals surface area contributed by atoms with E-state index in [2.05, 4.69) is 33.8 Å². The number of rotatable bonds is 2. The first-order chi connectivity index (χ1) is 5.52. The summed E-state index contributed by atoms with van der Waals surface area (Å²) in [7, 11) is 0. The van der Waals surface area contributed by atoms with Crippen molar-refractivity contribution < 1.29 is 0 Å². The highest BCUT2D eigenvalue weighted by atomic mass is 32.1. The van der Waals surface area contributed by atoms with E-state index in [1.165, 1.54) is 15.3 Å². The predicted octanol–water partition coefficient (Wildman–Crippen LogP) is 3.02. The van der Waals surface area contributed by atoms with Crippen LogP contribution in [0.15, 0.2) is 6.07 Å². The van der Waals surface area contributed by atoms with Crippen LogP contribution in [0.3, 0.4) is 0 Å². The normalized spacial score (nSPS) is 13.8. The monoisotopic (exact) mass is 183 g/mol. The number of hydrogen-bond donors (Lipinski definition) is 1. The van der Waals surface area contributed by atoms with Gasteiger partial charge in [0.05, 0.1) is 0 Å². The van der Waals surface area contributed by atoms with Crippen LogP contribution in [0.25, 0.3) is 0 Å². The molecule has 1 heterocycles. The van der Waals surface area contributed by atoms with Crippen molar-refractivity contribution in [2.75, 3.05) is 0 Å². The Bertz CT molecular complexity index is 263. The molecule has 0 aliphatic heterocycles.